The molecule has 3 aromatic rings. The number of hydrogen-bond donors (Lipinski definition) is 2. The first-order valence-electron chi connectivity index (χ1n) is 15.2. The van der Waals surface area contributed by atoms with E-state index < -0.39 is 24.5 Å². The molecule has 3 atom stereocenters. The van der Waals surface area contributed by atoms with Crippen molar-refractivity contribution in [3.63, 3.8) is 0 Å². The molecule has 2 heterocycles. The predicted molar refractivity (Wildman–Crippen MR) is 172 cm³/mol. The van der Waals surface area contributed by atoms with Crippen LogP contribution >= 0.6 is 11.8 Å². The van der Waals surface area contributed by atoms with E-state index in [9.17, 15) is 19.2 Å². The Morgan fingerprint density at radius 1 is 0.935 bits per heavy atom. The number of carbonyl (C=O) groups excluding carboxylic acids is 4. The van der Waals surface area contributed by atoms with Gasteiger partial charge in [-0.3, -0.25) is 9.59 Å². The summed E-state index contributed by atoms with van der Waals surface area (Å²) in [6.07, 6.45) is 4.22. The first kappa shape index (κ1) is 32.8. The molecule has 5 rings (SSSR count). The number of nitrogens with one attached hydrogen (secondary N) is 2. The minimum atomic E-state index is -0.777. The summed E-state index contributed by atoms with van der Waals surface area (Å²) in [6.45, 7) is 5.98. The van der Waals surface area contributed by atoms with Crippen molar-refractivity contribution in [1.29, 1.82) is 0 Å². The maximum atomic E-state index is 13.2. The SMILES string of the molecule is CC(C)[C@@H]1CC[C@@H](C)C[C@@H]1OC(=O)c1ccccc1NC(=O)COC(=O)c1cccnc1SCC(=O)Nc1ccc2c(c1)OCO2. The number of carbonyl (C=O) groups is 4. The molecule has 2 aliphatic rings. The van der Waals surface area contributed by atoms with Crippen LogP contribution in [-0.4, -0.2) is 54.0 Å². The molecule has 0 spiro atoms. The second-order valence-electron chi connectivity index (χ2n) is 11.7. The number of esters is 2. The molecule has 0 saturated heterocycles. The predicted octanol–water partition coefficient (Wildman–Crippen LogP) is 5.95. The molecule has 2 amide bonds. The number of ether oxygens (including phenoxy) is 4. The highest BCUT2D eigenvalue weighted by Crippen LogP contribution is 2.36. The largest absolute Gasteiger partial charge is 0.458 e. The van der Waals surface area contributed by atoms with Crippen molar-refractivity contribution >= 4 is 46.9 Å². The Bertz CT molecular complexity index is 1600. The summed E-state index contributed by atoms with van der Waals surface area (Å²) < 4.78 is 21.9. The van der Waals surface area contributed by atoms with Crippen LogP contribution in [0.15, 0.2) is 65.8 Å². The van der Waals surface area contributed by atoms with Gasteiger partial charge in [-0.1, -0.05) is 51.1 Å². The van der Waals surface area contributed by atoms with Gasteiger partial charge < -0.3 is 29.6 Å². The molecule has 0 radical (unpaired) electrons. The number of aromatic nitrogens is 1. The van der Waals surface area contributed by atoms with E-state index in [4.69, 9.17) is 18.9 Å². The maximum absolute atomic E-state index is 13.2. The third-order valence-electron chi connectivity index (χ3n) is 7.96. The second-order valence-corrected chi connectivity index (χ2v) is 12.7. The van der Waals surface area contributed by atoms with E-state index in [0.29, 0.717) is 29.0 Å². The zero-order valence-electron chi connectivity index (χ0n) is 25.9. The minimum Gasteiger partial charge on any atom is -0.458 e. The number of amides is 2. The molecule has 1 aliphatic heterocycles. The van der Waals surface area contributed by atoms with E-state index in [1.54, 1.807) is 48.5 Å². The lowest BCUT2D eigenvalue weighted by atomic mass is 9.75. The lowest BCUT2D eigenvalue weighted by molar-refractivity contribution is -0.119. The fourth-order valence-corrected chi connectivity index (χ4v) is 6.37. The summed E-state index contributed by atoms with van der Waals surface area (Å²) in [4.78, 5) is 55.7. The molecule has 242 valence electrons. The van der Waals surface area contributed by atoms with Gasteiger partial charge in [-0.2, -0.15) is 0 Å². The molecule has 2 N–H and O–H groups in total. The first-order valence-corrected chi connectivity index (χ1v) is 16.2. The van der Waals surface area contributed by atoms with Gasteiger partial charge in [-0.05, 0) is 67.0 Å². The zero-order valence-corrected chi connectivity index (χ0v) is 26.8. The Hall–Kier alpha value is -4.58. The van der Waals surface area contributed by atoms with Crippen LogP contribution in [0.2, 0.25) is 0 Å². The van der Waals surface area contributed by atoms with Crippen LogP contribution in [0.1, 0.15) is 60.7 Å². The Morgan fingerprint density at radius 3 is 2.54 bits per heavy atom. The average molecular weight is 648 g/mol. The molecular formula is C34H37N3O8S. The molecule has 12 heteroatoms. The Morgan fingerprint density at radius 2 is 1.72 bits per heavy atom. The highest BCUT2D eigenvalue weighted by Gasteiger charge is 2.34. The highest BCUT2D eigenvalue weighted by molar-refractivity contribution is 8.00. The van der Waals surface area contributed by atoms with Gasteiger partial charge in [0, 0.05) is 18.0 Å². The summed E-state index contributed by atoms with van der Waals surface area (Å²) in [5.41, 5.74) is 1.15. The molecule has 11 nitrogen and oxygen atoms in total. The van der Waals surface area contributed by atoms with E-state index in [1.165, 1.54) is 12.3 Å². The van der Waals surface area contributed by atoms with E-state index >= 15 is 0 Å². The fourth-order valence-electron chi connectivity index (χ4n) is 5.58. The maximum Gasteiger partial charge on any atom is 0.341 e. The Kier molecular flexibility index (Phi) is 10.8. The van der Waals surface area contributed by atoms with E-state index in [2.05, 4.69) is 36.4 Å². The smallest absolute Gasteiger partial charge is 0.341 e. The van der Waals surface area contributed by atoms with Crippen molar-refractivity contribution in [2.24, 2.45) is 17.8 Å². The van der Waals surface area contributed by atoms with Gasteiger partial charge in [0.15, 0.2) is 18.1 Å². The molecular weight excluding hydrogens is 610 g/mol. The lowest BCUT2D eigenvalue weighted by Gasteiger charge is -2.36. The average Bonchev–Trinajstić information content (AvgIpc) is 3.51. The van der Waals surface area contributed by atoms with Crippen molar-refractivity contribution < 1.29 is 38.1 Å². The van der Waals surface area contributed by atoms with Gasteiger partial charge in [0.1, 0.15) is 11.1 Å². The summed E-state index contributed by atoms with van der Waals surface area (Å²) in [5, 5.41) is 5.71. The van der Waals surface area contributed by atoms with Gasteiger partial charge in [0.25, 0.3) is 5.91 Å². The number of hydrogen-bond acceptors (Lipinski definition) is 10. The molecule has 1 fully saturated rings. The topological polar surface area (TPSA) is 142 Å². The van der Waals surface area contributed by atoms with Gasteiger partial charge >= 0.3 is 11.9 Å². The molecule has 1 aliphatic carbocycles. The summed E-state index contributed by atoms with van der Waals surface area (Å²) >= 11 is 1.05. The number of pyridine rings is 1. The number of nitrogens with zero attached hydrogens (tertiary/aromatic N) is 1. The van der Waals surface area contributed by atoms with Gasteiger partial charge in [0.2, 0.25) is 12.7 Å². The highest BCUT2D eigenvalue weighted by atomic mass is 32.2. The van der Waals surface area contributed by atoms with Crippen molar-refractivity contribution in [2.45, 2.75) is 51.2 Å². The van der Waals surface area contributed by atoms with E-state index in [-0.39, 0.29) is 52.3 Å². The van der Waals surface area contributed by atoms with Crippen LogP contribution < -0.4 is 20.1 Å². The monoisotopic (exact) mass is 647 g/mol. The van der Waals surface area contributed by atoms with Crippen LogP contribution in [0, 0.1) is 17.8 Å². The van der Waals surface area contributed by atoms with Crippen LogP contribution in [0.3, 0.4) is 0 Å². The van der Waals surface area contributed by atoms with Crippen LogP contribution in [-0.2, 0) is 19.1 Å². The lowest BCUT2D eigenvalue weighted by Crippen LogP contribution is -2.36. The Balaban J connectivity index is 1.14. The number of fused-ring (bicyclic) bond motifs is 1. The van der Waals surface area contributed by atoms with Crippen LogP contribution in [0.4, 0.5) is 11.4 Å². The molecule has 0 bridgehead atoms. The molecule has 1 saturated carbocycles. The summed E-state index contributed by atoms with van der Waals surface area (Å²) in [6, 6.07) is 14.7. The van der Waals surface area contributed by atoms with Crippen LogP contribution in [0.5, 0.6) is 11.5 Å². The second kappa shape index (κ2) is 15.1. The van der Waals surface area contributed by atoms with Crippen molar-refractivity contribution in [3.05, 3.63) is 71.9 Å². The number of anilines is 2. The zero-order chi connectivity index (χ0) is 32.6. The van der Waals surface area contributed by atoms with Crippen LogP contribution in [0.25, 0.3) is 0 Å². The number of thioether (sulfide) groups is 1. The first-order chi connectivity index (χ1) is 22.2. The fraction of sp³-hybridized carbons (Fsp3) is 0.382. The molecule has 46 heavy (non-hydrogen) atoms. The standard InChI is InChI=1S/C34H37N3O8S/c1-20(2)23-12-10-21(3)15-28(23)45-34(41)24-7-4-5-9-26(24)37-30(38)17-42-33(40)25-8-6-14-35-32(25)46-18-31(39)36-22-11-13-27-29(16-22)44-19-43-27/h4-9,11,13-14,16,20-21,23,28H,10,12,15,17-19H2,1-3H3,(H,36,39)(H,37,38)/t21-,23+,28+/m1/s1. The summed E-state index contributed by atoms with van der Waals surface area (Å²) in [5.74, 6) is 0.0249. The van der Waals surface area contributed by atoms with Gasteiger partial charge in [0.05, 0.1) is 22.6 Å². The molecule has 2 aromatic carbocycles. The Labute approximate surface area is 271 Å². The van der Waals surface area contributed by atoms with Crippen molar-refractivity contribution in [1.82, 2.24) is 4.98 Å². The van der Waals surface area contributed by atoms with Gasteiger partial charge in [-0.25, -0.2) is 14.6 Å². The third kappa shape index (κ3) is 8.36. The van der Waals surface area contributed by atoms with Gasteiger partial charge in [-0.15, -0.1) is 0 Å². The summed E-state index contributed by atoms with van der Waals surface area (Å²) in [7, 11) is 0. The normalized spacial score (nSPS) is 18.5. The van der Waals surface area contributed by atoms with E-state index in [1.807, 2.05) is 0 Å². The minimum absolute atomic E-state index is 0.0310. The number of benzene rings is 2. The third-order valence-corrected chi connectivity index (χ3v) is 8.97. The van der Waals surface area contributed by atoms with Crippen molar-refractivity contribution in [3.8, 4) is 11.5 Å². The number of para-hydroxylation sites is 1. The van der Waals surface area contributed by atoms with E-state index in [0.717, 1.165) is 31.0 Å². The molecule has 0 unspecified atom stereocenters. The quantitative estimate of drug-likeness (QED) is 0.189. The number of rotatable bonds is 11. The molecule has 1 aromatic heterocycles. The van der Waals surface area contributed by atoms with Crippen molar-refractivity contribution in [2.75, 3.05) is 29.8 Å².